The van der Waals surface area contributed by atoms with Gasteiger partial charge in [-0.25, -0.2) is 0 Å². The van der Waals surface area contributed by atoms with Gasteiger partial charge in [0.1, 0.15) is 5.82 Å². The van der Waals surface area contributed by atoms with Gasteiger partial charge >= 0.3 is 0 Å². The molecule has 2 N–H and O–H groups in total. The second-order valence-electron chi connectivity index (χ2n) is 5.95. The molecular weight excluding hydrogens is 336 g/mol. The third-order valence-electron chi connectivity index (χ3n) is 3.51. The molecule has 0 radical (unpaired) electrons. The second-order valence-corrected chi connectivity index (χ2v) is 5.95. The summed E-state index contributed by atoms with van der Waals surface area (Å²) in [4.78, 5) is 12.4. The molecule has 0 saturated heterocycles. The van der Waals surface area contributed by atoms with Crippen LogP contribution in [0.15, 0.2) is 24.3 Å². The summed E-state index contributed by atoms with van der Waals surface area (Å²) in [7, 11) is 4.54. The van der Waals surface area contributed by atoms with Crippen molar-refractivity contribution < 1.29 is 19.0 Å². The third-order valence-corrected chi connectivity index (χ3v) is 3.51. The van der Waals surface area contributed by atoms with Crippen LogP contribution < -0.4 is 24.8 Å². The number of hydrogen-bond acceptors (Lipinski definition) is 7. The molecule has 0 atom stereocenters. The molecule has 1 heterocycles. The summed E-state index contributed by atoms with van der Waals surface area (Å²) in [5.74, 6) is 2.07. The number of rotatable bonds is 8. The Kier molecular flexibility index (Phi) is 6.60. The average Bonchev–Trinajstić information content (AvgIpc) is 2.65. The highest BCUT2D eigenvalue weighted by molar-refractivity contribution is 6.03. The van der Waals surface area contributed by atoms with Crippen LogP contribution in [0.2, 0.25) is 0 Å². The highest BCUT2D eigenvalue weighted by Gasteiger charge is 2.16. The van der Waals surface area contributed by atoms with E-state index in [2.05, 4.69) is 34.7 Å². The summed E-state index contributed by atoms with van der Waals surface area (Å²) in [6.07, 6.45) is 0. The quantitative estimate of drug-likeness (QED) is 0.747. The first-order chi connectivity index (χ1) is 12.5. The largest absolute Gasteiger partial charge is 0.493 e. The monoisotopic (exact) mass is 360 g/mol. The number of nitrogens with one attached hydrogen (secondary N) is 2. The van der Waals surface area contributed by atoms with Crippen molar-refractivity contribution in [3.05, 3.63) is 30.0 Å². The smallest absolute Gasteiger partial charge is 0.276 e. The van der Waals surface area contributed by atoms with E-state index in [-0.39, 0.29) is 11.6 Å². The lowest BCUT2D eigenvalue weighted by Gasteiger charge is -2.14. The molecule has 8 nitrogen and oxygen atoms in total. The molecule has 1 aromatic carbocycles. The normalized spacial score (nSPS) is 10.4. The number of methoxy groups -OCH3 is 3. The standard InChI is InChI=1S/C18H24N4O4/c1-11(2)10-19-16-7-6-13(21-22-16)18(23)20-12-8-14(24-3)17(26-5)15(9-12)25-4/h6-9,11H,10H2,1-5H3,(H,19,22)(H,20,23). The summed E-state index contributed by atoms with van der Waals surface area (Å²) >= 11 is 0. The van der Waals surface area contributed by atoms with Crippen molar-refractivity contribution in [2.45, 2.75) is 13.8 Å². The van der Waals surface area contributed by atoms with Gasteiger partial charge in [0.05, 0.1) is 21.3 Å². The van der Waals surface area contributed by atoms with E-state index in [1.807, 2.05) is 0 Å². The Hall–Kier alpha value is -3.03. The lowest BCUT2D eigenvalue weighted by Crippen LogP contribution is -2.16. The van der Waals surface area contributed by atoms with Crippen molar-refractivity contribution >= 4 is 17.4 Å². The van der Waals surface area contributed by atoms with Gasteiger partial charge in [-0.3, -0.25) is 4.79 Å². The molecule has 0 saturated carbocycles. The van der Waals surface area contributed by atoms with E-state index in [1.54, 1.807) is 24.3 Å². The zero-order valence-electron chi connectivity index (χ0n) is 15.6. The topological polar surface area (TPSA) is 94.6 Å². The average molecular weight is 360 g/mol. The number of aromatic nitrogens is 2. The SMILES string of the molecule is COc1cc(NC(=O)c2ccc(NCC(C)C)nn2)cc(OC)c1OC. The van der Waals surface area contributed by atoms with Crippen molar-refractivity contribution in [1.82, 2.24) is 10.2 Å². The summed E-state index contributed by atoms with van der Waals surface area (Å²) in [6, 6.07) is 6.62. The van der Waals surface area contributed by atoms with Crippen LogP contribution in [0.25, 0.3) is 0 Å². The van der Waals surface area contributed by atoms with Gasteiger partial charge in [-0.05, 0) is 18.1 Å². The molecule has 0 unspecified atom stereocenters. The van der Waals surface area contributed by atoms with Crippen LogP contribution in [-0.4, -0.2) is 44.0 Å². The number of carbonyl (C=O) groups is 1. The molecule has 8 heteroatoms. The molecule has 2 rings (SSSR count). The molecule has 1 aromatic heterocycles. The van der Waals surface area contributed by atoms with Gasteiger partial charge in [-0.15, -0.1) is 10.2 Å². The first-order valence-electron chi connectivity index (χ1n) is 8.17. The Balaban J connectivity index is 2.14. The maximum Gasteiger partial charge on any atom is 0.276 e. The lowest BCUT2D eigenvalue weighted by molar-refractivity contribution is 0.102. The predicted molar refractivity (Wildman–Crippen MR) is 99.4 cm³/mol. The zero-order valence-corrected chi connectivity index (χ0v) is 15.6. The third kappa shape index (κ3) is 4.75. The van der Waals surface area contributed by atoms with E-state index in [0.29, 0.717) is 34.7 Å². The van der Waals surface area contributed by atoms with Gasteiger partial charge in [0.25, 0.3) is 5.91 Å². The van der Waals surface area contributed by atoms with Crippen LogP contribution in [0.1, 0.15) is 24.3 Å². The molecule has 0 aliphatic rings. The summed E-state index contributed by atoms with van der Waals surface area (Å²) in [6.45, 7) is 4.98. The van der Waals surface area contributed by atoms with Crippen LogP contribution in [0.3, 0.4) is 0 Å². The van der Waals surface area contributed by atoms with Crippen LogP contribution in [0.4, 0.5) is 11.5 Å². The fourth-order valence-electron chi connectivity index (χ4n) is 2.20. The maximum atomic E-state index is 12.4. The van der Waals surface area contributed by atoms with E-state index in [9.17, 15) is 4.79 Å². The number of amides is 1. The number of nitrogens with zero attached hydrogens (tertiary/aromatic N) is 2. The van der Waals surface area contributed by atoms with E-state index < -0.39 is 0 Å². The fraction of sp³-hybridized carbons (Fsp3) is 0.389. The van der Waals surface area contributed by atoms with E-state index in [1.165, 1.54) is 21.3 Å². The Morgan fingerprint density at radius 1 is 1.04 bits per heavy atom. The molecular formula is C18H24N4O4. The Labute approximate surface area is 152 Å². The van der Waals surface area contributed by atoms with Crippen molar-refractivity contribution in [2.75, 3.05) is 38.5 Å². The second kappa shape index (κ2) is 8.89. The highest BCUT2D eigenvalue weighted by atomic mass is 16.5. The van der Waals surface area contributed by atoms with Crippen molar-refractivity contribution in [1.29, 1.82) is 0 Å². The van der Waals surface area contributed by atoms with Gasteiger partial charge < -0.3 is 24.8 Å². The Bertz CT molecular complexity index is 722. The minimum absolute atomic E-state index is 0.203. The van der Waals surface area contributed by atoms with Crippen molar-refractivity contribution in [3.63, 3.8) is 0 Å². The fourth-order valence-corrected chi connectivity index (χ4v) is 2.20. The van der Waals surface area contributed by atoms with Crippen LogP contribution in [0, 0.1) is 5.92 Å². The van der Waals surface area contributed by atoms with E-state index in [4.69, 9.17) is 14.2 Å². The highest BCUT2D eigenvalue weighted by Crippen LogP contribution is 2.39. The van der Waals surface area contributed by atoms with Crippen molar-refractivity contribution in [2.24, 2.45) is 5.92 Å². The summed E-state index contributed by atoms with van der Waals surface area (Å²) in [5, 5.41) is 13.9. The van der Waals surface area contributed by atoms with Crippen LogP contribution in [-0.2, 0) is 0 Å². The van der Waals surface area contributed by atoms with E-state index >= 15 is 0 Å². The number of benzene rings is 1. The first kappa shape index (κ1) is 19.3. The van der Waals surface area contributed by atoms with Gasteiger partial charge in [-0.2, -0.15) is 0 Å². The molecule has 0 bridgehead atoms. The Morgan fingerprint density at radius 2 is 1.69 bits per heavy atom. The summed E-state index contributed by atoms with van der Waals surface area (Å²) in [5.41, 5.74) is 0.696. The molecule has 140 valence electrons. The Morgan fingerprint density at radius 3 is 2.15 bits per heavy atom. The number of carbonyl (C=O) groups excluding carboxylic acids is 1. The number of hydrogen-bond donors (Lipinski definition) is 2. The van der Waals surface area contributed by atoms with Gasteiger partial charge in [0.2, 0.25) is 5.75 Å². The minimum Gasteiger partial charge on any atom is -0.493 e. The van der Waals surface area contributed by atoms with E-state index in [0.717, 1.165) is 6.54 Å². The molecule has 1 amide bonds. The van der Waals surface area contributed by atoms with Gasteiger partial charge in [0, 0.05) is 24.4 Å². The van der Waals surface area contributed by atoms with Crippen LogP contribution >= 0.6 is 0 Å². The van der Waals surface area contributed by atoms with Gasteiger partial charge in [0.15, 0.2) is 17.2 Å². The number of ether oxygens (including phenoxy) is 3. The first-order valence-corrected chi connectivity index (χ1v) is 8.17. The molecule has 0 aliphatic heterocycles. The predicted octanol–water partition coefficient (Wildman–Crippen LogP) is 2.82. The maximum absolute atomic E-state index is 12.4. The summed E-state index contributed by atoms with van der Waals surface area (Å²) < 4.78 is 15.8. The number of anilines is 2. The van der Waals surface area contributed by atoms with Gasteiger partial charge in [-0.1, -0.05) is 13.8 Å². The molecule has 0 aliphatic carbocycles. The zero-order chi connectivity index (χ0) is 19.1. The minimum atomic E-state index is -0.387. The molecule has 26 heavy (non-hydrogen) atoms. The molecule has 0 spiro atoms. The van der Waals surface area contributed by atoms with Crippen molar-refractivity contribution in [3.8, 4) is 17.2 Å². The molecule has 0 fully saturated rings. The van der Waals surface area contributed by atoms with Crippen LogP contribution in [0.5, 0.6) is 17.2 Å². The molecule has 2 aromatic rings. The lowest BCUT2D eigenvalue weighted by atomic mass is 10.2.